The summed E-state index contributed by atoms with van der Waals surface area (Å²) in [5.74, 6) is 0.319. The average molecular weight is 336 g/mol. The molecule has 0 aliphatic rings. The van der Waals surface area contributed by atoms with Crippen LogP contribution in [0.1, 0.15) is 12.0 Å². The van der Waals surface area contributed by atoms with E-state index < -0.39 is 10.0 Å². The first-order chi connectivity index (χ1) is 10.5. The van der Waals surface area contributed by atoms with Crippen LogP contribution in [0, 0.1) is 18.3 Å². The predicted molar refractivity (Wildman–Crippen MR) is 86.8 cm³/mol. The van der Waals surface area contributed by atoms with Gasteiger partial charge in [-0.15, -0.1) is 11.3 Å². The van der Waals surface area contributed by atoms with Gasteiger partial charge in [0.1, 0.15) is 5.75 Å². The summed E-state index contributed by atoms with van der Waals surface area (Å²) >= 11 is 1.10. The number of sulfonamides is 1. The third kappa shape index (κ3) is 3.24. The minimum absolute atomic E-state index is 0.100. The Morgan fingerprint density at radius 1 is 1.27 bits per heavy atom. The molecule has 0 bridgehead atoms. The van der Waals surface area contributed by atoms with E-state index >= 15 is 0 Å². The maximum atomic E-state index is 12.9. The average Bonchev–Trinajstić information content (AvgIpc) is 2.98. The molecule has 2 rings (SSSR count). The summed E-state index contributed by atoms with van der Waals surface area (Å²) in [7, 11) is -2.33. The van der Waals surface area contributed by atoms with Gasteiger partial charge in [-0.05, 0) is 30.5 Å². The molecular weight excluding hydrogens is 320 g/mol. The van der Waals surface area contributed by atoms with Crippen LogP contribution >= 0.6 is 11.3 Å². The van der Waals surface area contributed by atoms with Gasteiger partial charge in [-0.2, -0.15) is 5.26 Å². The van der Waals surface area contributed by atoms with Crippen molar-refractivity contribution in [1.29, 1.82) is 5.26 Å². The quantitative estimate of drug-likeness (QED) is 0.812. The number of methoxy groups -OCH3 is 1. The summed E-state index contributed by atoms with van der Waals surface area (Å²) in [5, 5.41) is 10.5. The van der Waals surface area contributed by atoms with Gasteiger partial charge in [0.2, 0.25) is 0 Å². The molecule has 0 aliphatic heterocycles. The van der Waals surface area contributed by atoms with Gasteiger partial charge >= 0.3 is 0 Å². The first-order valence-electron chi connectivity index (χ1n) is 6.58. The summed E-state index contributed by atoms with van der Waals surface area (Å²) in [4.78, 5) is 0. The molecule has 1 aromatic carbocycles. The van der Waals surface area contributed by atoms with Crippen molar-refractivity contribution in [2.24, 2.45) is 0 Å². The highest BCUT2D eigenvalue weighted by Crippen LogP contribution is 2.34. The highest BCUT2D eigenvalue weighted by atomic mass is 32.2. The number of hydrogen-bond donors (Lipinski definition) is 0. The van der Waals surface area contributed by atoms with Gasteiger partial charge in [0, 0.05) is 6.54 Å². The fraction of sp³-hybridized carbons (Fsp3) is 0.267. The number of aryl methyl sites for hydroxylation is 1. The maximum absolute atomic E-state index is 12.9. The van der Waals surface area contributed by atoms with E-state index in [0.717, 1.165) is 16.9 Å². The van der Waals surface area contributed by atoms with Crippen LogP contribution in [0.15, 0.2) is 39.9 Å². The molecule has 0 atom stereocenters. The molecule has 7 heteroatoms. The Labute approximate surface area is 134 Å². The van der Waals surface area contributed by atoms with E-state index in [1.807, 2.05) is 25.1 Å². The molecule has 0 N–H and O–H groups in total. The minimum Gasteiger partial charge on any atom is -0.494 e. The molecule has 0 radical (unpaired) electrons. The monoisotopic (exact) mass is 336 g/mol. The van der Waals surface area contributed by atoms with Crippen molar-refractivity contribution in [1.82, 2.24) is 0 Å². The summed E-state index contributed by atoms with van der Waals surface area (Å²) < 4.78 is 32.3. The van der Waals surface area contributed by atoms with E-state index in [1.165, 1.54) is 11.4 Å². The fourth-order valence-corrected chi connectivity index (χ4v) is 4.82. The van der Waals surface area contributed by atoms with Gasteiger partial charge < -0.3 is 4.74 Å². The third-order valence-electron chi connectivity index (χ3n) is 3.09. The summed E-state index contributed by atoms with van der Waals surface area (Å²) in [6, 6.07) is 10.8. The van der Waals surface area contributed by atoms with Gasteiger partial charge in [0.05, 0.1) is 25.3 Å². The lowest BCUT2D eigenvalue weighted by Gasteiger charge is -2.23. The largest absolute Gasteiger partial charge is 0.494 e. The molecule has 0 amide bonds. The Kier molecular flexibility index (Phi) is 5.06. The molecule has 0 unspecified atom stereocenters. The molecule has 0 fully saturated rings. The number of nitrogens with zero attached hydrogens (tertiary/aromatic N) is 2. The highest BCUT2D eigenvalue weighted by molar-refractivity contribution is 7.94. The zero-order valence-electron chi connectivity index (χ0n) is 12.3. The molecule has 2 aromatic rings. The van der Waals surface area contributed by atoms with Crippen LogP contribution in [0.4, 0.5) is 5.69 Å². The molecular formula is C15H16N2O3S2. The Morgan fingerprint density at radius 3 is 2.55 bits per heavy atom. The number of anilines is 1. The Balaban J connectivity index is 2.49. The van der Waals surface area contributed by atoms with E-state index in [9.17, 15) is 8.42 Å². The molecule has 0 saturated heterocycles. The molecule has 116 valence electrons. The second-order valence-electron chi connectivity index (χ2n) is 4.60. The number of ether oxygens (including phenoxy) is 1. The molecule has 22 heavy (non-hydrogen) atoms. The van der Waals surface area contributed by atoms with Crippen LogP contribution in [0.25, 0.3) is 0 Å². The van der Waals surface area contributed by atoms with Crippen molar-refractivity contribution >= 4 is 27.0 Å². The maximum Gasteiger partial charge on any atom is 0.277 e. The van der Waals surface area contributed by atoms with Gasteiger partial charge in [-0.3, -0.25) is 4.31 Å². The summed E-state index contributed by atoms with van der Waals surface area (Å²) in [6.07, 6.45) is 0.112. The number of rotatable bonds is 6. The first-order valence-corrected chi connectivity index (χ1v) is 8.90. The second-order valence-corrected chi connectivity index (χ2v) is 7.57. The molecule has 0 saturated carbocycles. The van der Waals surface area contributed by atoms with E-state index in [4.69, 9.17) is 10.00 Å². The SMILES string of the molecule is COc1ccsc1S(=O)(=O)N(CCC#N)c1ccc(C)cc1. The van der Waals surface area contributed by atoms with Crippen LogP contribution in [0.5, 0.6) is 5.75 Å². The molecule has 0 aliphatic carbocycles. The van der Waals surface area contributed by atoms with E-state index in [-0.39, 0.29) is 17.2 Å². The van der Waals surface area contributed by atoms with E-state index in [2.05, 4.69) is 0 Å². The molecule has 5 nitrogen and oxygen atoms in total. The first kappa shape index (κ1) is 16.3. The highest BCUT2D eigenvalue weighted by Gasteiger charge is 2.29. The fourth-order valence-electron chi connectivity index (χ4n) is 1.97. The zero-order valence-corrected chi connectivity index (χ0v) is 13.9. The number of thiophene rings is 1. The number of nitriles is 1. The van der Waals surface area contributed by atoms with Gasteiger partial charge in [0.15, 0.2) is 4.21 Å². The van der Waals surface area contributed by atoms with Gasteiger partial charge in [-0.1, -0.05) is 17.7 Å². The molecule has 1 heterocycles. The van der Waals surface area contributed by atoms with Crippen LogP contribution < -0.4 is 9.04 Å². The van der Waals surface area contributed by atoms with Crippen molar-refractivity contribution in [3.8, 4) is 11.8 Å². The minimum atomic E-state index is -3.76. The molecule has 1 aromatic heterocycles. The lowest BCUT2D eigenvalue weighted by molar-refractivity contribution is 0.406. The van der Waals surface area contributed by atoms with Gasteiger partial charge in [-0.25, -0.2) is 8.42 Å². The van der Waals surface area contributed by atoms with Crippen molar-refractivity contribution in [2.75, 3.05) is 18.0 Å². The van der Waals surface area contributed by atoms with Crippen LogP contribution in [0.3, 0.4) is 0 Å². The number of benzene rings is 1. The van der Waals surface area contributed by atoms with E-state index in [0.29, 0.717) is 11.4 Å². The number of hydrogen-bond acceptors (Lipinski definition) is 5. The van der Waals surface area contributed by atoms with Crippen molar-refractivity contribution in [3.63, 3.8) is 0 Å². The van der Waals surface area contributed by atoms with Crippen LogP contribution in [-0.4, -0.2) is 22.1 Å². The van der Waals surface area contributed by atoms with Crippen molar-refractivity contribution in [2.45, 2.75) is 17.6 Å². The summed E-state index contributed by atoms with van der Waals surface area (Å²) in [5.41, 5.74) is 1.58. The van der Waals surface area contributed by atoms with Crippen molar-refractivity contribution < 1.29 is 13.2 Å². The molecule has 0 spiro atoms. The lowest BCUT2D eigenvalue weighted by atomic mass is 10.2. The Hall–Kier alpha value is -2.04. The zero-order chi connectivity index (χ0) is 16.2. The van der Waals surface area contributed by atoms with Crippen LogP contribution in [-0.2, 0) is 10.0 Å². The van der Waals surface area contributed by atoms with Crippen LogP contribution in [0.2, 0.25) is 0 Å². The predicted octanol–water partition coefficient (Wildman–Crippen LogP) is 3.17. The second kappa shape index (κ2) is 6.81. The van der Waals surface area contributed by atoms with E-state index in [1.54, 1.807) is 23.6 Å². The lowest BCUT2D eigenvalue weighted by Crippen LogP contribution is -2.31. The Morgan fingerprint density at radius 2 is 1.95 bits per heavy atom. The summed E-state index contributed by atoms with van der Waals surface area (Å²) in [6.45, 7) is 2.03. The van der Waals surface area contributed by atoms with Gasteiger partial charge in [0.25, 0.3) is 10.0 Å². The Bertz CT molecular complexity index is 774. The van der Waals surface area contributed by atoms with Crippen molar-refractivity contribution in [3.05, 3.63) is 41.3 Å². The normalized spacial score (nSPS) is 11.0. The third-order valence-corrected chi connectivity index (χ3v) is 6.34. The standard InChI is InChI=1S/C15H16N2O3S2/c1-12-4-6-13(7-5-12)17(10-3-9-16)22(18,19)15-14(20-2)8-11-21-15/h4-8,11H,3,10H2,1-2H3. The smallest absolute Gasteiger partial charge is 0.277 e. The topological polar surface area (TPSA) is 70.4 Å².